The lowest BCUT2D eigenvalue weighted by Gasteiger charge is -2.48. The molecule has 2 fully saturated rings. The molecule has 1 N–H and O–H groups in total. The molecule has 0 spiro atoms. The number of rotatable bonds is 3. The standard InChI is InChI=1S/C14H24N2O3/c1-3-6-14(19)9-16(10-14)13(18)12-5-4-7-15(8-12)11(2)17/h12,19H,3-10H2,1-2H3. The molecule has 0 aromatic carbocycles. The van der Waals surface area contributed by atoms with E-state index < -0.39 is 5.60 Å². The molecule has 108 valence electrons. The Hall–Kier alpha value is -1.10. The molecule has 0 radical (unpaired) electrons. The number of aliphatic hydroxyl groups is 1. The summed E-state index contributed by atoms with van der Waals surface area (Å²) >= 11 is 0. The van der Waals surface area contributed by atoms with Gasteiger partial charge in [0.2, 0.25) is 11.8 Å². The van der Waals surface area contributed by atoms with Gasteiger partial charge in [-0.25, -0.2) is 0 Å². The van der Waals surface area contributed by atoms with Gasteiger partial charge in [0.15, 0.2) is 0 Å². The quantitative estimate of drug-likeness (QED) is 0.816. The molecule has 2 rings (SSSR count). The van der Waals surface area contributed by atoms with Crippen LogP contribution in [0.3, 0.4) is 0 Å². The number of β-amino-alcohol motifs (C(OH)–C–C–N with tert-alkyl or cyclic N) is 1. The number of nitrogens with zero attached hydrogens (tertiary/aromatic N) is 2. The van der Waals surface area contributed by atoms with Crippen molar-refractivity contribution in [2.75, 3.05) is 26.2 Å². The molecule has 2 aliphatic heterocycles. The van der Waals surface area contributed by atoms with Gasteiger partial charge in [-0.15, -0.1) is 0 Å². The van der Waals surface area contributed by atoms with Crippen LogP contribution in [-0.4, -0.2) is 58.5 Å². The van der Waals surface area contributed by atoms with Crippen molar-refractivity contribution >= 4 is 11.8 Å². The minimum Gasteiger partial charge on any atom is -0.386 e. The first kappa shape index (κ1) is 14.3. The van der Waals surface area contributed by atoms with Gasteiger partial charge in [-0.3, -0.25) is 9.59 Å². The van der Waals surface area contributed by atoms with E-state index in [4.69, 9.17) is 0 Å². The predicted octanol–water partition coefficient (Wildman–Crippen LogP) is 0.618. The van der Waals surface area contributed by atoms with Crippen LogP contribution < -0.4 is 0 Å². The smallest absolute Gasteiger partial charge is 0.227 e. The second-order valence-electron chi connectivity index (χ2n) is 5.97. The zero-order chi connectivity index (χ0) is 14.0. The molecular formula is C14H24N2O3. The first-order valence-electron chi connectivity index (χ1n) is 7.22. The summed E-state index contributed by atoms with van der Waals surface area (Å²) in [6.45, 7) is 5.80. The molecule has 2 amide bonds. The van der Waals surface area contributed by atoms with Gasteiger partial charge in [0.25, 0.3) is 0 Å². The van der Waals surface area contributed by atoms with E-state index >= 15 is 0 Å². The van der Waals surface area contributed by atoms with Gasteiger partial charge in [0, 0.05) is 20.0 Å². The van der Waals surface area contributed by atoms with Crippen molar-refractivity contribution in [3.8, 4) is 0 Å². The Morgan fingerprint density at radius 3 is 2.58 bits per heavy atom. The van der Waals surface area contributed by atoms with E-state index in [-0.39, 0.29) is 17.7 Å². The van der Waals surface area contributed by atoms with Crippen LogP contribution in [0.25, 0.3) is 0 Å². The third kappa shape index (κ3) is 3.08. The molecule has 1 atom stereocenters. The van der Waals surface area contributed by atoms with Crippen molar-refractivity contribution < 1.29 is 14.7 Å². The summed E-state index contributed by atoms with van der Waals surface area (Å²) in [5, 5.41) is 10.1. The highest BCUT2D eigenvalue weighted by atomic mass is 16.3. The molecule has 2 aliphatic rings. The van der Waals surface area contributed by atoms with Crippen molar-refractivity contribution in [2.24, 2.45) is 5.92 Å². The zero-order valence-electron chi connectivity index (χ0n) is 11.9. The summed E-state index contributed by atoms with van der Waals surface area (Å²) in [4.78, 5) is 27.2. The first-order valence-corrected chi connectivity index (χ1v) is 7.22. The molecule has 19 heavy (non-hydrogen) atoms. The fraction of sp³-hybridized carbons (Fsp3) is 0.857. The lowest BCUT2D eigenvalue weighted by Crippen LogP contribution is -2.65. The van der Waals surface area contributed by atoms with E-state index in [1.165, 1.54) is 0 Å². The number of piperidine rings is 1. The number of hydrogen-bond donors (Lipinski definition) is 1. The van der Waals surface area contributed by atoms with Crippen LogP contribution in [0.4, 0.5) is 0 Å². The molecule has 0 bridgehead atoms. The second kappa shape index (κ2) is 5.49. The Morgan fingerprint density at radius 1 is 1.32 bits per heavy atom. The van der Waals surface area contributed by atoms with E-state index in [0.29, 0.717) is 19.6 Å². The SMILES string of the molecule is CCCC1(O)CN(C(=O)C2CCCN(C(C)=O)C2)C1. The largest absolute Gasteiger partial charge is 0.386 e. The number of amides is 2. The number of likely N-dealkylation sites (tertiary alicyclic amines) is 2. The highest BCUT2D eigenvalue weighted by molar-refractivity contribution is 5.81. The third-order valence-electron chi connectivity index (χ3n) is 4.21. The minimum absolute atomic E-state index is 0.0450. The van der Waals surface area contributed by atoms with E-state index in [2.05, 4.69) is 0 Å². The highest BCUT2D eigenvalue weighted by Gasteiger charge is 2.44. The second-order valence-corrected chi connectivity index (χ2v) is 5.97. The minimum atomic E-state index is -0.667. The zero-order valence-corrected chi connectivity index (χ0v) is 11.9. The Balaban J connectivity index is 1.86. The summed E-state index contributed by atoms with van der Waals surface area (Å²) < 4.78 is 0. The molecule has 5 heteroatoms. The van der Waals surface area contributed by atoms with Crippen LogP contribution in [0.1, 0.15) is 39.5 Å². The average Bonchev–Trinajstić information content (AvgIpc) is 2.35. The Bertz CT molecular complexity index is 364. The molecule has 1 unspecified atom stereocenters. The van der Waals surface area contributed by atoms with Crippen LogP contribution in [0.15, 0.2) is 0 Å². The van der Waals surface area contributed by atoms with E-state index in [9.17, 15) is 14.7 Å². The van der Waals surface area contributed by atoms with Crippen LogP contribution >= 0.6 is 0 Å². The molecule has 0 aromatic heterocycles. The van der Waals surface area contributed by atoms with E-state index in [0.717, 1.165) is 32.2 Å². The maximum Gasteiger partial charge on any atom is 0.227 e. The molecular weight excluding hydrogens is 244 g/mol. The molecule has 2 heterocycles. The Morgan fingerprint density at radius 2 is 2.00 bits per heavy atom. The summed E-state index contributed by atoms with van der Waals surface area (Å²) in [5.74, 6) is 0.0687. The van der Waals surface area contributed by atoms with Gasteiger partial charge in [-0.1, -0.05) is 13.3 Å². The van der Waals surface area contributed by atoms with Crippen LogP contribution in [0, 0.1) is 5.92 Å². The lowest BCUT2D eigenvalue weighted by molar-refractivity contribution is -0.162. The van der Waals surface area contributed by atoms with Crippen LogP contribution in [0.5, 0.6) is 0 Å². The topological polar surface area (TPSA) is 60.9 Å². The van der Waals surface area contributed by atoms with E-state index in [1.54, 1.807) is 16.7 Å². The molecule has 0 saturated carbocycles. The first-order chi connectivity index (χ1) is 8.95. The molecule has 0 aromatic rings. The molecule has 2 saturated heterocycles. The average molecular weight is 268 g/mol. The monoisotopic (exact) mass is 268 g/mol. The fourth-order valence-corrected chi connectivity index (χ4v) is 3.17. The summed E-state index contributed by atoms with van der Waals surface area (Å²) in [5.41, 5.74) is -0.667. The van der Waals surface area contributed by atoms with Crippen LogP contribution in [0.2, 0.25) is 0 Å². The number of hydrogen-bond acceptors (Lipinski definition) is 3. The van der Waals surface area contributed by atoms with Gasteiger partial charge < -0.3 is 14.9 Å². The van der Waals surface area contributed by atoms with Crippen molar-refractivity contribution in [1.29, 1.82) is 0 Å². The maximum absolute atomic E-state index is 12.3. The van der Waals surface area contributed by atoms with Gasteiger partial charge in [-0.2, -0.15) is 0 Å². The third-order valence-corrected chi connectivity index (χ3v) is 4.21. The molecule has 0 aliphatic carbocycles. The fourth-order valence-electron chi connectivity index (χ4n) is 3.17. The highest BCUT2D eigenvalue weighted by Crippen LogP contribution is 2.29. The predicted molar refractivity (Wildman–Crippen MR) is 71.4 cm³/mol. The van der Waals surface area contributed by atoms with Crippen molar-refractivity contribution in [2.45, 2.75) is 45.1 Å². The van der Waals surface area contributed by atoms with Gasteiger partial charge in [0.05, 0.1) is 24.6 Å². The summed E-state index contributed by atoms with van der Waals surface area (Å²) in [6, 6.07) is 0. The normalized spacial score (nSPS) is 25.9. The van der Waals surface area contributed by atoms with Gasteiger partial charge in [-0.05, 0) is 19.3 Å². The Kier molecular flexibility index (Phi) is 4.13. The van der Waals surface area contributed by atoms with E-state index in [1.807, 2.05) is 6.92 Å². The van der Waals surface area contributed by atoms with Gasteiger partial charge >= 0.3 is 0 Å². The van der Waals surface area contributed by atoms with Crippen LogP contribution in [-0.2, 0) is 9.59 Å². The van der Waals surface area contributed by atoms with Crippen molar-refractivity contribution in [3.63, 3.8) is 0 Å². The van der Waals surface area contributed by atoms with Crippen molar-refractivity contribution in [3.05, 3.63) is 0 Å². The van der Waals surface area contributed by atoms with Gasteiger partial charge in [0.1, 0.15) is 0 Å². The summed E-state index contributed by atoms with van der Waals surface area (Å²) in [6.07, 6.45) is 3.43. The van der Waals surface area contributed by atoms with Crippen molar-refractivity contribution in [1.82, 2.24) is 9.80 Å². The maximum atomic E-state index is 12.3. The number of carbonyl (C=O) groups excluding carboxylic acids is 2. The number of carbonyl (C=O) groups is 2. The molecule has 5 nitrogen and oxygen atoms in total. The Labute approximate surface area is 114 Å². The lowest BCUT2D eigenvalue weighted by atomic mass is 9.86. The summed E-state index contributed by atoms with van der Waals surface area (Å²) in [7, 11) is 0.